The van der Waals surface area contributed by atoms with Crippen LogP contribution in [0.15, 0.2) is 36.5 Å². The first-order valence-electron chi connectivity index (χ1n) is 24.8. The van der Waals surface area contributed by atoms with Crippen LogP contribution < -0.4 is 0 Å². The second-order valence-corrected chi connectivity index (χ2v) is 18.7. The Balaban J connectivity index is 2.44. The number of unbranched alkanes of at least 4 members (excludes halogenated alkanes) is 23. The zero-order chi connectivity index (χ0) is 46.4. The third kappa shape index (κ3) is 31.6. The number of hydrogen-bond donors (Lipinski definition) is 6. The number of allylic oxidation sites excluding steroid dienone is 6. The molecule has 0 aromatic heterocycles. The quantitative estimate of drug-likeness (QED) is 0.0146. The number of phosphoric acid groups is 1. The van der Waals surface area contributed by atoms with Crippen molar-refractivity contribution in [3.05, 3.63) is 36.5 Å². The summed E-state index contributed by atoms with van der Waals surface area (Å²) < 4.78 is 33.6. The minimum absolute atomic E-state index is 0.0884. The van der Waals surface area contributed by atoms with Gasteiger partial charge in [-0.25, -0.2) is 4.57 Å². The molecule has 0 heterocycles. The summed E-state index contributed by atoms with van der Waals surface area (Å²) in [5.41, 5.74) is 0. The summed E-state index contributed by atoms with van der Waals surface area (Å²) in [6.45, 7) is 3.27. The third-order valence-corrected chi connectivity index (χ3v) is 12.4. The van der Waals surface area contributed by atoms with E-state index in [0.29, 0.717) is 12.8 Å². The predicted octanol–water partition coefficient (Wildman–Crippen LogP) is 10.2. The standard InChI is InChI=1S/C49H89O13P/c1-3-5-7-9-11-13-15-17-19-20-21-22-24-26-28-30-32-34-36-38-43(51)61-41(40-60-63(57,58)62-49-47(55)45(53)44(52)46(54)48(49)56)39-59-42(50)37-35-33-31-29-27-25-23-18-16-14-12-10-8-6-4-2/h17-19,23,27,29,41,44-49,52-56H,3-16,20-22,24-26,28,30-40H2,1-2H3,(H,57,58)/b19-17+,23-18+,29-27+/t41-,44?,45-,46?,47?,48?,49?/m1/s1. The van der Waals surface area contributed by atoms with Crippen molar-refractivity contribution in [3.63, 3.8) is 0 Å². The lowest BCUT2D eigenvalue weighted by Crippen LogP contribution is -2.64. The summed E-state index contributed by atoms with van der Waals surface area (Å²) in [4.78, 5) is 35.7. The van der Waals surface area contributed by atoms with Crippen LogP contribution in [0, 0.1) is 0 Å². The van der Waals surface area contributed by atoms with Crippen molar-refractivity contribution in [2.45, 2.75) is 249 Å². The van der Waals surface area contributed by atoms with E-state index in [1.54, 1.807) is 0 Å². The zero-order valence-corrected chi connectivity index (χ0v) is 40.0. The number of carbonyl (C=O) groups is 2. The van der Waals surface area contributed by atoms with E-state index in [2.05, 4.69) is 50.3 Å². The van der Waals surface area contributed by atoms with Gasteiger partial charge < -0.3 is 39.9 Å². The SMILES string of the molecule is CCCCCCCC/C=C/C/C=C/CCCCC(=O)OC[C@H](COP(=O)(O)OC1C(O)C(O)C(O)[C@@H](O)C1O)OC(=O)CCCCCCCCCCC/C=C/CCCCCCCC. The number of hydrogen-bond acceptors (Lipinski definition) is 12. The van der Waals surface area contributed by atoms with Crippen molar-refractivity contribution in [2.75, 3.05) is 13.2 Å². The van der Waals surface area contributed by atoms with Crippen molar-refractivity contribution >= 4 is 19.8 Å². The van der Waals surface area contributed by atoms with Crippen molar-refractivity contribution in [3.8, 4) is 0 Å². The van der Waals surface area contributed by atoms with Gasteiger partial charge in [0.1, 0.15) is 43.2 Å². The molecule has 63 heavy (non-hydrogen) atoms. The number of carbonyl (C=O) groups excluding carboxylic acids is 2. The number of phosphoric ester groups is 1. The molecule has 368 valence electrons. The average molecular weight is 917 g/mol. The Morgan fingerprint density at radius 3 is 1.33 bits per heavy atom. The van der Waals surface area contributed by atoms with Gasteiger partial charge in [-0.15, -0.1) is 0 Å². The average Bonchev–Trinajstić information content (AvgIpc) is 3.26. The van der Waals surface area contributed by atoms with E-state index >= 15 is 0 Å². The Hall–Kier alpha value is -1.93. The maximum Gasteiger partial charge on any atom is 0.472 e. The molecule has 0 aromatic rings. The van der Waals surface area contributed by atoms with Gasteiger partial charge in [0, 0.05) is 12.8 Å². The molecule has 1 aliphatic rings. The van der Waals surface area contributed by atoms with Gasteiger partial charge in [0.2, 0.25) is 0 Å². The minimum Gasteiger partial charge on any atom is -0.462 e. The van der Waals surface area contributed by atoms with Crippen LogP contribution in [-0.4, -0.2) is 98.3 Å². The molecule has 0 aromatic carbocycles. The molecule has 0 radical (unpaired) electrons. The minimum atomic E-state index is -5.13. The monoisotopic (exact) mass is 917 g/mol. The van der Waals surface area contributed by atoms with Crippen LogP contribution in [-0.2, 0) is 32.7 Å². The number of aliphatic hydroxyl groups is 5. The molecule has 1 aliphatic carbocycles. The van der Waals surface area contributed by atoms with E-state index in [-0.39, 0.29) is 12.8 Å². The van der Waals surface area contributed by atoms with Gasteiger partial charge in [-0.1, -0.05) is 159 Å². The number of aliphatic hydroxyl groups excluding tert-OH is 5. The molecule has 6 N–H and O–H groups in total. The van der Waals surface area contributed by atoms with Crippen molar-refractivity contribution < 1.29 is 63.1 Å². The van der Waals surface area contributed by atoms with E-state index in [0.717, 1.165) is 57.8 Å². The van der Waals surface area contributed by atoms with Gasteiger partial charge in [-0.05, 0) is 70.6 Å². The van der Waals surface area contributed by atoms with Crippen LogP contribution in [0.1, 0.15) is 206 Å². The van der Waals surface area contributed by atoms with Crippen LogP contribution in [0.2, 0.25) is 0 Å². The first kappa shape index (κ1) is 59.1. The largest absolute Gasteiger partial charge is 0.472 e. The fourth-order valence-corrected chi connectivity index (χ4v) is 8.40. The molecule has 1 saturated carbocycles. The van der Waals surface area contributed by atoms with Crippen LogP contribution in [0.3, 0.4) is 0 Å². The Morgan fingerprint density at radius 1 is 0.492 bits per heavy atom. The summed E-state index contributed by atoms with van der Waals surface area (Å²) in [5.74, 6) is -1.14. The molecule has 0 amide bonds. The lowest BCUT2D eigenvalue weighted by Gasteiger charge is -2.41. The molecule has 0 spiro atoms. The van der Waals surface area contributed by atoms with Crippen LogP contribution >= 0.6 is 7.82 Å². The molecule has 8 atom stereocenters. The molecular formula is C49H89O13P. The van der Waals surface area contributed by atoms with Crippen molar-refractivity contribution in [1.82, 2.24) is 0 Å². The maximum atomic E-state index is 12.8. The Labute approximate surface area is 380 Å². The molecule has 0 aliphatic heterocycles. The molecule has 0 saturated heterocycles. The molecule has 13 nitrogen and oxygen atoms in total. The lowest BCUT2D eigenvalue weighted by atomic mass is 9.85. The van der Waals surface area contributed by atoms with E-state index in [9.17, 15) is 44.6 Å². The Kier molecular flexibility index (Phi) is 36.8. The van der Waals surface area contributed by atoms with Crippen LogP contribution in [0.5, 0.6) is 0 Å². The van der Waals surface area contributed by atoms with Gasteiger partial charge in [-0.2, -0.15) is 0 Å². The molecule has 6 unspecified atom stereocenters. The van der Waals surface area contributed by atoms with E-state index in [1.165, 1.54) is 109 Å². The van der Waals surface area contributed by atoms with Gasteiger partial charge >= 0.3 is 19.8 Å². The highest BCUT2D eigenvalue weighted by Gasteiger charge is 2.51. The van der Waals surface area contributed by atoms with E-state index in [4.69, 9.17) is 18.5 Å². The second kappa shape index (κ2) is 39.3. The maximum absolute atomic E-state index is 12.8. The first-order valence-corrected chi connectivity index (χ1v) is 26.3. The predicted molar refractivity (Wildman–Crippen MR) is 249 cm³/mol. The molecule has 0 bridgehead atoms. The fourth-order valence-electron chi connectivity index (χ4n) is 7.43. The fraction of sp³-hybridized carbons (Fsp3) is 0.837. The van der Waals surface area contributed by atoms with Crippen LogP contribution in [0.25, 0.3) is 0 Å². The summed E-state index contributed by atoms with van der Waals surface area (Å²) >= 11 is 0. The third-order valence-electron chi connectivity index (χ3n) is 11.5. The topological polar surface area (TPSA) is 210 Å². The van der Waals surface area contributed by atoms with Crippen LogP contribution in [0.4, 0.5) is 0 Å². The van der Waals surface area contributed by atoms with Gasteiger partial charge in [0.25, 0.3) is 0 Å². The van der Waals surface area contributed by atoms with E-state index in [1.807, 2.05) is 0 Å². The van der Waals surface area contributed by atoms with Crippen molar-refractivity contribution in [1.29, 1.82) is 0 Å². The lowest BCUT2D eigenvalue weighted by molar-refractivity contribution is -0.220. The molecular weight excluding hydrogens is 827 g/mol. The summed E-state index contributed by atoms with van der Waals surface area (Å²) in [5, 5.41) is 50.2. The second-order valence-electron chi connectivity index (χ2n) is 17.3. The molecule has 1 fully saturated rings. The van der Waals surface area contributed by atoms with Gasteiger partial charge in [-0.3, -0.25) is 18.6 Å². The van der Waals surface area contributed by atoms with Crippen molar-refractivity contribution in [2.24, 2.45) is 0 Å². The zero-order valence-electron chi connectivity index (χ0n) is 39.1. The highest BCUT2D eigenvalue weighted by atomic mass is 31.2. The number of esters is 2. The first-order chi connectivity index (χ1) is 30.4. The summed E-state index contributed by atoms with van der Waals surface area (Å²) in [6.07, 6.45) is 32.0. The number of ether oxygens (including phenoxy) is 2. The molecule has 14 heteroatoms. The summed E-state index contributed by atoms with van der Waals surface area (Å²) in [7, 11) is -5.13. The Morgan fingerprint density at radius 2 is 0.857 bits per heavy atom. The molecule has 1 rings (SSSR count). The Bertz CT molecular complexity index is 1240. The van der Waals surface area contributed by atoms with Gasteiger partial charge in [0.05, 0.1) is 6.61 Å². The highest BCUT2D eigenvalue weighted by Crippen LogP contribution is 2.47. The summed E-state index contributed by atoms with van der Waals surface area (Å²) in [6, 6.07) is 0. The highest BCUT2D eigenvalue weighted by molar-refractivity contribution is 7.47. The normalized spacial score (nSPS) is 22.0. The van der Waals surface area contributed by atoms with Gasteiger partial charge in [0.15, 0.2) is 6.10 Å². The van der Waals surface area contributed by atoms with E-state index < -0.39 is 75.7 Å². The smallest absolute Gasteiger partial charge is 0.462 e. The number of rotatable bonds is 41.